The van der Waals surface area contributed by atoms with E-state index in [2.05, 4.69) is 10.5 Å². The molecule has 0 aliphatic rings. The summed E-state index contributed by atoms with van der Waals surface area (Å²) in [7, 11) is -4.71. The van der Waals surface area contributed by atoms with Crippen LogP contribution in [0.15, 0.2) is 51.0 Å². The predicted molar refractivity (Wildman–Crippen MR) is 74.8 cm³/mol. The van der Waals surface area contributed by atoms with E-state index >= 15 is 0 Å². The van der Waals surface area contributed by atoms with Gasteiger partial charge >= 0.3 is 0 Å². The molecule has 0 saturated carbocycles. The fraction of sp³-hybridized carbons (Fsp3) is 0. The number of non-ortho nitro benzene ring substituents is 1. The van der Waals surface area contributed by atoms with Gasteiger partial charge in [-0.05, 0) is 18.2 Å². The maximum Gasteiger partial charge on any atom is 0.271 e. The van der Waals surface area contributed by atoms with Crippen LogP contribution >= 0.6 is 0 Å². The number of carbonyl (C=O) groups is 1. The zero-order valence-electron chi connectivity index (χ0n) is 11.2. The molecule has 0 radical (unpaired) electrons. The van der Waals surface area contributed by atoms with Crippen LogP contribution in [0, 0.1) is 10.1 Å². The number of hydrogen-bond acceptors (Lipinski definition) is 8. The number of amides is 1. The predicted octanol–water partition coefficient (Wildman–Crippen LogP) is 0.856. The number of benzene rings is 1. The lowest BCUT2D eigenvalue weighted by Gasteiger charge is -2.00. The summed E-state index contributed by atoms with van der Waals surface area (Å²) in [5.41, 5.74) is 1.84. The zero-order valence-corrected chi connectivity index (χ0v) is 12.0. The molecule has 1 N–H and O–H groups in total. The highest BCUT2D eigenvalue weighted by Crippen LogP contribution is 2.13. The molecule has 2 rings (SSSR count). The van der Waals surface area contributed by atoms with E-state index in [9.17, 15) is 27.9 Å². The van der Waals surface area contributed by atoms with Gasteiger partial charge in [0.2, 0.25) is 5.09 Å². The summed E-state index contributed by atoms with van der Waals surface area (Å²) >= 11 is 0. The SMILES string of the molecule is O=C(N/N=C\c1ccc(S(=O)(=O)[O-])o1)c1cccc([N+](=O)[O-])c1. The second kappa shape index (κ2) is 6.37. The molecular weight excluding hydrogens is 330 g/mol. The number of hydrogen-bond donors (Lipinski definition) is 1. The highest BCUT2D eigenvalue weighted by Gasteiger charge is 2.11. The van der Waals surface area contributed by atoms with Crippen LogP contribution in [0.2, 0.25) is 0 Å². The highest BCUT2D eigenvalue weighted by molar-refractivity contribution is 7.85. The monoisotopic (exact) mass is 338 g/mol. The number of nitro benzene ring substituents is 1. The van der Waals surface area contributed by atoms with Crippen molar-refractivity contribution in [2.75, 3.05) is 0 Å². The molecule has 1 aromatic heterocycles. The minimum atomic E-state index is -4.71. The van der Waals surface area contributed by atoms with Gasteiger partial charge in [-0.3, -0.25) is 14.9 Å². The Bertz CT molecular complexity index is 886. The van der Waals surface area contributed by atoms with Gasteiger partial charge in [-0.2, -0.15) is 5.10 Å². The van der Waals surface area contributed by atoms with Crippen molar-refractivity contribution in [1.82, 2.24) is 5.43 Å². The maximum atomic E-state index is 11.8. The molecule has 1 aromatic carbocycles. The van der Waals surface area contributed by atoms with E-state index in [1.54, 1.807) is 0 Å². The average molecular weight is 338 g/mol. The van der Waals surface area contributed by atoms with Gasteiger partial charge in [0.1, 0.15) is 5.76 Å². The van der Waals surface area contributed by atoms with Crippen LogP contribution in [0.1, 0.15) is 16.1 Å². The fourth-order valence-corrected chi connectivity index (χ4v) is 1.95. The molecule has 1 heterocycles. The second-order valence-electron chi connectivity index (χ2n) is 4.12. The van der Waals surface area contributed by atoms with Gasteiger partial charge < -0.3 is 8.97 Å². The Balaban J connectivity index is 2.05. The first-order valence-electron chi connectivity index (χ1n) is 5.91. The Hall–Kier alpha value is -3.05. The Morgan fingerprint density at radius 1 is 1.30 bits per heavy atom. The van der Waals surface area contributed by atoms with E-state index in [1.165, 1.54) is 24.3 Å². The molecule has 11 heteroatoms. The smallest absolute Gasteiger partial charge is 0.271 e. The van der Waals surface area contributed by atoms with E-state index in [4.69, 9.17) is 4.42 Å². The molecule has 0 aliphatic heterocycles. The summed E-state index contributed by atoms with van der Waals surface area (Å²) in [6.07, 6.45) is 0.976. The van der Waals surface area contributed by atoms with Gasteiger partial charge in [-0.1, -0.05) is 6.07 Å². The van der Waals surface area contributed by atoms with E-state index < -0.39 is 26.0 Å². The number of carbonyl (C=O) groups excluding carboxylic acids is 1. The number of nitro groups is 1. The number of nitrogens with one attached hydrogen (secondary N) is 1. The molecule has 0 unspecified atom stereocenters. The van der Waals surface area contributed by atoms with Crippen molar-refractivity contribution in [2.45, 2.75) is 5.09 Å². The first-order valence-corrected chi connectivity index (χ1v) is 7.32. The van der Waals surface area contributed by atoms with Gasteiger partial charge in [0.25, 0.3) is 11.6 Å². The lowest BCUT2D eigenvalue weighted by Crippen LogP contribution is -2.17. The third kappa shape index (κ3) is 4.21. The lowest BCUT2D eigenvalue weighted by molar-refractivity contribution is -0.384. The molecule has 0 fully saturated rings. The van der Waals surface area contributed by atoms with Crippen molar-refractivity contribution in [3.8, 4) is 0 Å². The molecule has 0 saturated heterocycles. The number of nitrogens with zero attached hydrogens (tertiary/aromatic N) is 2. The van der Waals surface area contributed by atoms with Crippen molar-refractivity contribution < 1.29 is 27.1 Å². The molecule has 10 nitrogen and oxygen atoms in total. The van der Waals surface area contributed by atoms with Crippen molar-refractivity contribution >= 4 is 27.9 Å². The summed E-state index contributed by atoms with van der Waals surface area (Å²) in [5.74, 6) is -0.785. The van der Waals surface area contributed by atoms with Crippen LogP contribution in [0.5, 0.6) is 0 Å². The van der Waals surface area contributed by atoms with Crippen molar-refractivity contribution in [2.24, 2.45) is 5.10 Å². The summed E-state index contributed by atoms with van der Waals surface area (Å²) in [5, 5.41) is 13.3. The van der Waals surface area contributed by atoms with Gasteiger partial charge in [-0.15, -0.1) is 0 Å². The van der Waals surface area contributed by atoms with E-state index in [0.29, 0.717) is 0 Å². The van der Waals surface area contributed by atoms with Crippen LogP contribution in [0.3, 0.4) is 0 Å². The molecule has 0 spiro atoms. The van der Waals surface area contributed by atoms with Crippen LogP contribution in [-0.4, -0.2) is 30.0 Å². The number of furan rings is 1. The summed E-state index contributed by atoms with van der Waals surface area (Å²) in [4.78, 5) is 21.7. The topological polar surface area (TPSA) is 155 Å². The lowest BCUT2D eigenvalue weighted by atomic mass is 10.2. The molecule has 23 heavy (non-hydrogen) atoms. The Morgan fingerprint density at radius 2 is 2.04 bits per heavy atom. The standard InChI is InChI=1S/C12H9N3O7S/c16-12(8-2-1-3-9(6-8)15(17)18)14-13-7-10-4-5-11(22-10)23(19,20)21/h1-7H,(H,14,16)(H,19,20,21)/p-1/b13-7-. The molecule has 0 atom stereocenters. The number of rotatable bonds is 5. The Morgan fingerprint density at radius 3 is 2.65 bits per heavy atom. The number of hydrazone groups is 1. The van der Waals surface area contributed by atoms with E-state index in [1.807, 2.05) is 0 Å². The highest BCUT2D eigenvalue weighted by atomic mass is 32.2. The quantitative estimate of drug-likeness (QED) is 0.366. The maximum absolute atomic E-state index is 11.8. The molecule has 0 bridgehead atoms. The molecule has 0 aliphatic carbocycles. The summed E-state index contributed by atoms with van der Waals surface area (Å²) in [6.45, 7) is 0. The first kappa shape index (κ1) is 16.3. The van der Waals surface area contributed by atoms with Gasteiger partial charge in [0.05, 0.1) is 11.1 Å². The summed E-state index contributed by atoms with van der Waals surface area (Å²) in [6, 6.07) is 7.12. The first-order chi connectivity index (χ1) is 10.8. The van der Waals surface area contributed by atoms with Crippen molar-refractivity contribution in [3.63, 3.8) is 0 Å². The van der Waals surface area contributed by atoms with Crippen LogP contribution in [0.25, 0.3) is 0 Å². The average Bonchev–Trinajstić information content (AvgIpc) is 2.96. The van der Waals surface area contributed by atoms with Gasteiger partial charge in [0.15, 0.2) is 10.1 Å². The second-order valence-corrected chi connectivity index (χ2v) is 5.43. The van der Waals surface area contributed by atoms with Crippen molar-refractivity contribution in [3.05, 3.63) is 57.8 Å². The van der Waals surface area contributed by atoms with Crippen LogP contribution in [0.4, 0.5) is 5.69 Å². The molecular formula is C12H8N3O7S-. The van der Waals surface area contributed by atoms with E-state index in [-0.39, 0.29) is 17.0 Å². The third-order valence-electron chi connectivity index (χ3n) is 2.53. The largest absolute Gasteiger partial charge is 0.742 e. The summed E-state index contributed by atoms with van der Waals surface area (Å²) < 4.78 is 36.7. The molecule has 1 amide bonds. The fourth-order valence-electron chi connectivity index (χ4n) is 1.52. The normalized spacial score (nSPS) is 11.5. The minimum absolute atomic E-state index is 0.0126. The third-order valence-corrected chi connectivity index (χ3v) is 3.24. The Kier molecular flexibility index (Phi) is 4.52. The minimum Gasteiger partial charge on any atom is -0.742 e. The van der Waals surface area contributed by atoms with Crippen molar-refractivity contribution in [1.29, 1.82) is 0 Å². The molecule has 120 valence electrons. The van der Waals surface area contributed by atoms with Gasteiger partial charge in [0, 0.05) is 17.7 Å². The van der Waals surface area contributed by atoms with E-state index in [0.717, 1.165) is 18.3 Å². The van der Waals surface area contributed by atoms with Crippen LogP contribution in [-0.2, 0) is 10.1 Å². The Labute approximate surface area is 129 Å². The van der Waals surface area contributed by atoms with Crippen LogP contribution < -0.4 is 5.43 Å². The van der Waals surface area contributed by atoms with Gasteiger partial charge in [-0.25, -0.2) is 13.8 Å². The molecule has 2 aromatic rings. The zero-order chi connectivity index (χ0) is 17.0.